The minimum Gasteiger partial charge on any atom is -0.481 e. The third-order valence-electron chi connectivity index (χ3n) is 1.99. The number of carbonyl (C=O) groups is 1. The van der Waals surface area contributed by atoms with E-state index in [-0.39, 0.29) is 4.47 Å². The lowest BCUT2D eigenvalue weighted by Gasteiger charge is -2.15. The van der Waals surface area contributed by atoms with Crippen molar-refractivity contribution in [2.24, 2.45) is 0 Å². The Morgan fingerprint density at radius 2 is 2.00 bits per heavy atom. The average molecular weight is 334 g/mol. The van der Waals surface area contributed by atoms with Gasteiger partial charge in [-0.25, -0.2) is 8.78 Å². The van der Waals surface area contributed by atoms with Crippen LogP contribution in [0.1, 0.15) is 23.2 Å². The van der Waals surface area contributed by atoms with Crippen LogP contribution in [0.2, 0.25) is 0 Å². The maximum absolute atomic E-state index is 12.7. The van der Waals surface area contributed by atoms with Crippen molar-refractivity contribution in [1.82, 2.24) is 4.98 Å². The van der Waals surface area contributed by atoms with Crippen molar-refractivity contribution in [1.29, 1.82) is 0 Å². The van der Waals surface area contributed by atoms with Crippen LogP contribution in [0.5, 0.6) is 0 Å². The van der Waals surface area contributed by atoms with Gasteiger partial charge in [0.2, 0.25) is 0 Å². The summed E-state index contributed by atoms with van der Waals surface area (Å²) in [4.78, 5) is 13.4. The zero-order chi connectivity index (χ0) is 14.1. The Hall–Kier alpha value is -1.25. The molecule has 3 nitrogen and oxygen atoms in total. The standard InChI is InChI=1S/C9H5BrF5NO2/c10-4-2-16-7(9(13,14)15)6(8(11)12)3(4)1-5(17)18/h2,8H,1H2,(H,17,18). The largest absolute Gasteiger partial charge is 0.481 e. The van der Waals surface area contributed by atoms with Crippen LogP contribution in [0, 0.1) is 0 Å². The summed E-state index contributed by atoms with van der Waals surface area (Å²) in [6.45, 7) is 0. The van der Waals surface area contributed by atoms with Crippen molar-refractivity contribution in [3.05, 3.63) is 27.5 Å². The third-order valence-corrected chi connectivity index (χ3v) is 2.67. The summed E-state index contributed by atoms with van der Waals surface area (Å²) < 4.78 is 62.7. The van der Waals surface area contributed by atoms with E-state index in [4.69, 9.17) is 5.11 Å². The highest BCUT2D eigenvalue weighted by molar-refractivity contribution is 9.10. The number of halogens is 6. The molecule has 1 aromatic rings. The van der Waals surface area contributed by atoms with E-state index < -0.39 is 41.8 Å². The number of alkyl halides is 5. The van der Waals surface area contributed by atoms with Crippen LogP contribution in [0.4, 0.5) is 22.0 Å². The number of carboxylic acid groups (broad SMARTS) is 1. The average Bonchev–Trinajstić information content (AvgIpc) is 2.17. The summed E-state index contributed by atoms with van der Waals surface area (Å²) in [5, 5.41) is 8.52. The second-order valence-electron chi connectivity index (χ2n) is 3.22. The van der Waals surface area contributed by atoms with Crippen molar-refractivity contribution in [3.63, 3.8) is 0 Å². The molecular weight excluding hydrogens is 329 g/mol. The Balaban J connectivity index is 3.52. The summed E-state index contributed by atoms with van der Waals surface area (Å²) >= 11 is 2.72. The number of carboxylic acids is 1. The smallest absolute Gasteiger partial charge is 0.433 e. The van der Waals surface area contributed by atoms with E-state index in [0.29, 0.717) is 6.20 Å². The molecule has 0 saturated heterocycles. The van der Waals surface area contributed by atoms with Gasteiger partial charge in [-0.3, -0.25) is 9.78 Å². The highest BCUT2D eigenvalue weighted by Crippen LogP contribution is 2.39. The van der Waals surface area contributed by atoms with Gasteiger partial charge in [-0.05, 0) is 21.5 Å². The van der Waals surface area contributed by atoms with E-state index in [9.17, 15) is 26.7 Å². The fourth-order valence-corrected chi connectivity index (χ4v) is 1.79. The van der Waals surface area contributed by atoms with Gasteiger partial charge in [-0.15, -0.1) is 0 Å². The monoisotopic (exact) mass is 333 g/mol. The minimum absolute atomic E-state index is 0.201. The summed E-state index contributed by atoms with van der Waals surface area (Å²) in [7, 11) is 0. The number of hydrogen-bond acceptors (Lipinski definition) is 2. The molecule has 0 aliphatic heterocycles. The van der Waals surface area contributed by atoms with E-state index in [0.717, 1.165) is 0 Å². The lowest BCUT2D eigenvalue weighted by atomic mass is 10.0. The zero-order valence-electron chi connectivity index (χ0n) is 8.43. The lowest BCUT2D eigenvalue weighted by molar-refractivity contribution is -0.143. The van der Waals surface area contributed by atoms with Crippen molar-refractivity contribution >= 4 is 21.9 Å². The molecule has 0 aliphatic carbocycles. The maximum atomic E-state index is 12.7. The minimum atomic E-state index is -5.07. The molecule has 0 bridgehead atoms. The fraction of sp³-hybridized carbons (Fsp3) is 0.333. The van der Waals surface area contributed by atoms with Crippen molar-refractivity contribution in [3.8, 4) is 0 Å². The summed E-state index contributed by atoms with van der Waals surface area (Å²) in [5.41, 5.74) is -3.80. The van der Waals surface area contributed by atoms with Gasteiger partial charge in [0.1, 0.15) is 0 Å². The molecule has 0 atom stereocenters. The molecule has 9 heteroatoms. The van der Waals surface area contributed by atoms with Gasteiger partial charge < -0.3 is 5.11 Å². The predicted molar refractivity (Wildman–Crippen MR) is 53.2 cm³/mol. The van der Waals surface area contributed by atoms with E-state index in [2.05, 4.69) is 20.9 Å². The third kappa shape index (κ3) is 3.15. The molecule has 1 rings (SSSR count). The van der Waals surface area contributed by atoms with Gasteiger partial charge in [-0.1, -0.05) is 0 Å². The Morgan fingerprint density at radius 3 is 2.39 bits per heavy atom. The van der Waals surface area contributed by atoms with Crippen molar-refractivity contribution in [2.75, 3.05) is 0 Å². The highest BCUT2D eigenvalue weighted by Gasteiger charge is 2.39. The zero-order valence-corrected chi connectivity index (χ0v) is 10.0. The predicted octanol–water partition coefficient (Wildman–Crippen LogP) is 3.43. The van der Waals surface area contributed by atoms with Crippen LogP contribution in [0.3, 0.4) is 0 Å². The molecular formula is C9H5BrF5NO2. The van der Waals surface area contributed by atoms with E-state index in [1.54, 1.807) is 0 Å². The first kappa shape index (κ1) is 14.8. The lowest BCUT2D eigenvalue weighted by Crippen LogP contribution is -2.16. The molecule has 0 spiro atoms. The first-order chi connectivity index (χ1) is 8.14. The maximum Gasteiger partial charge on any atom is 0.433 e. The van der Waals surface area contributed by atoms with Gasteiger partial charge >= 0.3 is 12.1 Å². The van der Waals surface area contributed by atoms with E-state index in [1.165, 1.54) is 0 Å². The van der Waals surface area contributed by atoms with Gasteiger partial charge in [0.25, 0.3) is 6.43 Å². The summed E-state index contributed by atoms with van der Waals surface area (Å²) in [6, 6.07) is 0. The van der Waals surface area contributed by atoms with Crippen LogP contribution in [0.15, 0.2) is 10.7 Å². The van der Waals surface area contributed by atoms with Gasteiger partial charge in [0, 0.05) is 10.7 Å². The number of aromatic nitrogens is 1. The Morgan fingerprint density at radius 1 is 1.44 bits per heavy atom. The normalized spacial score (nSPS) is 11.9. The molecule has 1 N–H and O–H groups in total. The quantitative estimate of drug-likeness (QED) is 0.862. The van der Waals surface area contributed by atoms with Crippen LogP contribution in [-0.2, 0) is 17.4 Å². The molecule has 100 valence electrons. The number of rotatable bonds is 3. The SMILES string of the molecule is O=C(O)Cc1c(Br)cnc(C(F)(F)F)c1C(F)F. The molecule has 1 aromatic heterocycles. The van der Waals surface area contributed by atoms with Crippen LogP contribution >= 0.6 is 15.9 Å². The topological polar surface area (TPSA) is 50.2 Å². The highest BCUT2D eigenvalue weighted by atomic mass is 79.9. The van der Waals surface area contributed by atoms with Crippen LogP contribution in [-0.4, -0.2) is 16.1 Å². The number of nitrogens with zero attached hydrogens (tertiary/aromatic N) is 1. The molecule has 1 heterocycles. The fourth-order valence-electron chi connectivity index (χ4n) is 1.33. The molecule has 18 heavy (non-hydrogen) atoms. The van der Waals surface area contributed by atoms with Gasteiger partial charge in [0.05, 0.1) is 12.0 Å². The molecule has 0 radical (unpaired) electrons. The van der Waals surface area contributed by atoms with Crippen molar-refractivity contribution < 1.29 is 31.9 Å². The molecule has 0 unspecified atom stereocenters. The van der Waals surface area contributed by atoms with Crippen LogP contribution < -0.4 is 0 Å². The van der Waals surface area contributed by atoms with Gasteiger partial charge in [0.15, 0.2) is 5.69 Å². The first-order valence-electron chi connectivity index (χ1n) is 4.39. The molecule has 0 fully saturated rings. The van der Waals surface area contributed by atoms with E-state index in [1.807, 2.05) is 0 Å². The molecule has 0 aliphatic rings. The number of pyridine rings is 1. The van der Waals surface area contributed by atoms with Crippen molar-refractivity contribution in [2.45, 2.75) is 19.0 Å². The first-order valence-corrected chi connectivity index (χ1v) is 5.18. The molecule has 0 aromatic carbocycles. The Kier molecular flexibility index (Phi) is 4.25. The Bertz CT molecular complexity index is 475. The Labute approximate surface area is 106 Å². The summed E-state index contributed by atoms with van der Waals surface area (Å²) in [6.07, 6.45) is -8.83. The summed E-state index contributed by atoms with van der Waals surface area (Å²) in [5.74, 6) is -1.52. The molecule has 0 amide bonds. The van der Waals surface area contributed by atoms with Crippen LogP contribution in [0.25, 0.3) is 0 Å². The number of hydrogen-bond donors (Lipinski definition) is 1. The second-order valence-corrected chi connectivity index (χ2v) is 4.07. The van der Waals surface area contributed by atoms with Gasteiger partial charge in [-0.2, -0.15) is 13.2 Å². The second kappa shape index (κ2) is 5.17. The number of aliphatic carboxylic acids is 1. The van der Waals surface area contributed by atoms with E-state index >= 15 is 0 Å². The molecule has 0 saturated carbocycles.